The van der Waals surface area contributed by atoms with Gasteiger partial charge in [0, 0.05) is 0 Å². The van der Waals surface area contributed by atoms with Crippen molar-refractivity contribution >= 4 is 10.0 Å². The van der Waals surface area contributed by atoms with Gasteiger partial charge in [0.15, 0.2) is 11.5 Å². The Labute approximate surface area is 159 Å². The highest BCUT2D eigenvalue weighted by atomic mass is 32.2. The van der Waals surface area contributed by atoms with Gasteiger partial charge in [0.1, 0.15) is 13.2 Å². The fourth-order valence-corrected chi connectivity index (χ4v) is 5.61. The zero-order valence-corrected chi connectivity index (χ0v) is 16.0. The predicted octanol–water partition coefficient (Wildman–Crippen LogP) is 3.30. The van der Waals surface area contributed by atoms with Crippen molar-refractivity contribution in [2.24, 2.45) is 0 Å². The number of hydrogen-bond donors (Lipinski definition) is 1. The molecule has 0 spiro atoms. The summed E-state index contributed by atoms with van der Waals surface area (Å²) in [6.07, 6.45) is 5.90. The third kappa shape index (κ3) is 3.11. The Kier molecular flexibility index (Phi) is 3.95. The van der Waals surface area contributed by atoms with Crippen LogP contribution in [0.5, 0.6) is 11.5 Å². The smallest absolute Gasteiger partial charge is 0.241 e. The molecule has 0 atom stereocenters. The zero-order valence-electron chi connectivity index (χ0n) is 15.2. The standard InChI is InChI=1S/C21H23NO4S/c23-27(24,18-7-5-15-3-1-2-4-16(15)13-18)22-21(9-10-21)17-6-8-19-20(14-17)26-12-11-25-19/h5-8,13-14,22H,1-4,9-12H2. The molecule has 0 unspecified atom stereocenters. The molecule has 6 heteroatoms. The van der Waals surface area contributed by atoms with Crippen LogP contribution in [0.2, 0.25) is 0 Å². The first-order chi connectivity index (χ1) is 13.1. The second kappa shape index (κ2) is 6.24. The molecule has 1 heterocycles. The number of aryl methyl sites for hydroxylation is 2. The SMILES string of the molecule is O=S(=O)(NC1(c2ccc3c(c2)OCCO3)CC1)c1ccc2c(c1)CCCC2. The minimum Gasteiger partial charge on any atom is -0.486 e. The molecule has 5 rings (SSSR count). The lowest BCUT2D eigenvalue weighted by Crippen LogP contribution is -2.35. The number of sulfonamides is 1. The lowest BCUT2D eigenvalue weighted by atomic mass is 9.92. The molecule has 0 radical (unpaired) electrons. The fraction of sp³-hybridized carbons (Fsp3) is 0.429. The minimum atomic E-state index is -3.58. The normalized spacial score (nSPS) is 20.0. The number of hydrogen-bond acceptors (Lipinski definition) is 4. The van der Waals surface area contributed by atoms with Crippen LogP contribution in [0.15, 0.2) is 41.3 Å². The molecule has 1 N–H and O–H groups in total. The van der Waals surface area contributed by atoms with Crippen molar-refractivity contribution in [1.29, 1.82) is 0 Å². The Balaban J connectivity index is 1.43. The number of benzene rings is 2. The van der Waals surface area contributed by atoms with Crippen molar-refractivity contribution in [3.8, 4) is 11.5 Å². The summed E-state index contributed by atoms with van der Waals surface area (Å²) in [5, 5.41) is 0. The third-order valence-electron chi connectivity index (χ3n) is 5.80. The first-order valence-electron chi connectivity index (χ1n) is 9.62. The van der Waals surface area contributed by atoms with Crippen molar-refractivity contribution in [1.82, 2.24) is 4.72 Å². The van der Waals surface area contributed by atoms with Crippen LogP contribution in [0.1, 0.15) is 42.4 Å². The van der Waals surface area contributed by atoms with E-state index in [-0.39, 0.29) is 0 Å². The Bertz CT molecular complexity index is 995. The molecular formula is C21H23NO4S. The van der Waals surface area contributed by atoms with Crippen molar-refractivity contribution in [2.45, 2.75) is 49.0 Å². The molecule has 5 nitrogen and oxygen atoms in total. The van der Waals surface area contributed by atoms with Crippen molar-refractivity contribution in [3.63, 3.8) is 0 Å². The maximum Gasteiger partial charge on any atom is 0.241 e. The van der Waals surface area contributed by atoms with Crippen LogP contribution < -0.4 is 14.2 Å². The third-order valence-corrected chi connectivity index (χ3v) is 7.34. The second-order valence-electron chi connectivity index (χ2n) is 7.68. The van der Waals surface area contributed by atoms with Crippen LogP contribution in [0.25, 0.3) is 0 Å². The summed E-state index contributed by atoms with van der Waals surface area (Å²) in [4.78, 5) is 0.368. The molecule has 3 aliphatic rings. The Hall–Kier alpha value is -2.05. The summed E-state index contributed by atoms with van der Waals surface area (Å²) < 4.78 is 40.3. The van der Waals surface area contributed by atoms with Crippen LogP contribution in [0.4, 0.5) is 0 Å². The summed E-state index contributed by atoms with van der Waals surface area (Å²) in [6.45, 7) is 1.06. The van der Waals surface area contributed by atoms with E-state index in [2.05, 4.69) is 4.72 Å². The number of fused-ring (bicyclic) bond motifs is 2. The molecule has 2 aliphatic carbocycles. The minimum absolute atomic E-state index is 0.368. The van der Waals surface area contributed by atoms with E-state index in [4.69, 9.17) is 9.47 Å². The van der Waals surface area contributed by atoms with Crippen LogP contribution in [0, 0.1) is 0 Å². The summed E-state index contributed by atoms with van der Waals surface area (Å²) >= 11 is 0. The van der Waals surface area contributed by atoms with Gasteiger partial charge in [0.05, 0.1) is 10.4 Å². The first-order valence-corrected chi connectivity index (χ1v) is 11.1. The van der Waals surface area contributed by atoms with E-state index >= 15 is 0 Å². The van der Waals surface area contributed by atoms with Gasteiger partial charge in [-0.25, -0.2) is 13.1 Å². The molecule has 0 saturated heterocycles. The van der Waals surface area contributed by atoms with Crippen molar-refractivity contribution in [2.75, 3.05) is 13.2 Å². The molecule has 0 aromatic heterocycles. The average molecular weight is 385 g/mol. The van der Waals surface area contributed by atoms with E-state index in [0.29, 0.717) is 23.9 Å². The quantitative estimate of drug-likeness (QED) is 0.877. The van der Waals surface area contributed by atoms with E-state index in [1.807, 2.05) is 30.3 Å². The Morgan fingerprint density at radius 1 is 0.852 bits per heavy atom. The number of rotatable bonds is 4. The van der Waals surface area contributed by atoms with Gasteiger partial charge in [-0.2, -0.15) is 0 Å². The molecule has 1 fully saturated rings. The first kappa shape index (κ1) is 17.1. The van der Waals surface area contributed by atoms with Crippen LogP contribution in [-0.2, 0) is 28.4 Å². The van der Waals surface area contributed by atoms with Crippen molar-refractivity contribution in [3.05, 3.63) is 53.1 Å². The molecule has 2 aromatic rings. The van der Waals surface area contributed by atoms with Crippen LogP contribution in [0.3, 0.4) is 0 Å². The van der Waals surface area contributed by atoms with Gasteiger partial charge in [0.25, 0.3) is 0 Å². The highest BCUT2D eigenvalue weighted by Gasteiger charge is 2.48. The van der Waals surface area contributed by atoms with E-state index < -0.39 is 15.6 Å². The number of ether oxygens (including phenoxy) is 2. The summed E-state index contributed by atoms with van der Waals surface area (Å²) in [5.41, 5.74) is 2.86. The molecule has 1 saturated carbocycles. The van der Waals surface area contributed by atoms with E-state index in [1.54, 1.807) is 6.07 Å². The number of nitrogens with one attached hydrogen (secondary N) is 1. The topological polar surface area (TPSA) is 64.6 Å². The van der Waals surface area contributed by atoms with Gasteiger partial charge in [-0.3, -0.25) is 0 Å². The average Bonchev–Trinajstić information content (AvgIpc) is 3.47. The molecule has 142 valence electrons. The molecule has 0 amide bonds. The molecular weight excluding hydrogens is 362 g/mol. The van der Waals surface area contributed by atoms with Gasteiger partial charge >= 0.3 is 0 Å². The predicted molar refractivity (Wildman–Crippen MR) is 102 cm³/mol. The van der Waals surface area contributed by atoms with Crippen LogP contribution in [-0.4, -0.2) is 21.6 Å². The highest BCUT2D eigenvalue weighted by molar-refractivity contribution is 7.89. The van der Waals surface area contributed by atoms with Crippen molar-refractivity contribution < 1.29 is 17.9 Å². The second-order valence-corrected chi connectivity index (χ2v) is 9.37. The van der Waals surface area contributed by atoms with Gasteiger partial charge in [-0.1, -0.05) is 12.1 Å². The summed E-state index contributed by atoms with van der Waals surface area (Å²) in [6, 6.07) is 11.3. The van der Waals surface area contributed by atoms with Gasteiger partial charge in [-0.15, -0.1) is 0 Å². The zero-order chi connectivity index (χ0) is 18.5. The summed E-state index contributed by atoms with van der Waals surface area (Å²) in [7, 11) is -3.58. The van der Waals surface area contributed by atoms with E-state index in [1.165, 1.54) is 17.5 Å². The fourth-order valence-electron chi connectivity index (χ4n) is 4.11. The Morgan fingerprint density at radius 3 is 2.37 bits per heavy atom. The lowest BCUT2D eigenvalue weighted by Gasteiger charge is -2.23. The molecule has 1 aliphatic heterocycles. The van der Waals surface area contributed by atoms with Gasteiger partial charge in [-0.05, 0) is 79.5 Å². The van der Waals surface area contributed by atoms with Crippen LogP contribution >= 0.6 is 0 Å². The maximum absolute atomic E-state index is 13.1. The Morgan fingerprint density at radius 2 is 1.59 bits per heavy atom. The lowest BCUT2D eigenvalue weighted by molar-refractivity contribution is 0.171. The highest BCUT2D eigenvalue weighted by Crippen LogP contribution is 2.48. The monoisotopic (exact) mass is 385 g/mol. The molecule has 27 heavy (non-hydrogen) atoms. The van der Waals surface area contributed by atoms with E-state index in [9.17, 15) is 8.42 Å². The summed E-state index contributed by atoms with van der Waals surface area (Å²) in [5.74, 6) is 1.41. The largest absolute Gasteiger partial charge is 0.486 e. The molecule has 2 aromatic carbocycles. The van der Waals surface area contributed by atoms with E-state index in [0.717, 1.165) is 43.4 Å². The van der Waals surface area contributed by atoms with Gasteiger partial charge < -0.3 is 9.47 Å². The maximum atomic E-state index is 13.1. The molecule has 0 bridgehead atoms. The van der Waals surface area contributed by atoms with Gasteiger partial charge in [0.2, 0.25) is 10.0 Å².